The number of unbranched alkanes of at least 4 members (excludes halogenated alkanes) is 1. The van der Waals surface area contributed by atoms with Crippen molar-refractivity contribution in [2.45, 2.75) is 19.4 Å². The average Bonchev–Trinajstić information content (AvgIpc) is 2.60. The summed E-state index contributed by atoms with van der Waals surface area (Å²) in [6.45, 7) is 0.860. The monoisotopic (exact) mass is 379 g/mol. The maximum atomic E-state index is 12.0. The first kappa shape index (κ1) is 17.6. The van der Waals surface area contributed by atoms with E-state index in [1.54, 1.807) is 42.5 Å². The van der Waals surface area contributed by atoms with Gasteiger partial charge >= 0.3 is 11.4 Å². The second-order valence-electron chi connectivity index (χ2n) is 5.43. The van der Waals surface area contributed by atoms with Crippen molar-refractivity contribution in [3.63, 3.8) is 0 Å². The Morgan fingerprint density at radius 3 is 2.64 bits per heavy atom. The van der Waals surface area contributed by atoms with Gasteiger partial charge in [-0.2, -0.15) is 0 Å². The number of aryl methyl sites for hydroxylation is 1. The minimum atomic E-state index is -0.650. The first-order valence-electron chi connectivity index (χ1n) is 7.77. The van der Waals surface area contributed by atoms with E-state index in [-0.39, 0.29) is 0 Å². The van der Waals surface area contributed by atoms with Crippen molar-refractivity contribution in [1.82, 2.24) is 4.57 Å². The molecule has 2 aromatic carbocycles. The highest BCUT2D eigenvalue weighted by atomic mass is 35.5. The van der Waals surface area contributed by atoms with Crippen LogP contribution in [0.1, 0.15) is 12.8 Å². The zero-order valence-corrected chi connectivity index (χ0v) is 14.7. The SMILES string of the molecule is O=c1oc(=O)n(CCCCOc2cccc(Cl)c2Cl)c2ccccc12. The summed E-state index contributed by atoms with van der Waals surface area (Å²) in [4.78, 5) is 23.7. The largest absolute Gasteiger partial charge is 0.492 e. The molecule has 130 valence electrons. The van der Waals surface area contributed by atoms with Crippen LogP contribution in [0, 0.1) is 0 Å². The molecule has 0 bridgehead atoms. The lowest BCUT2D eigenvalue weighted by Gasteiger charge is -2.10. The van der Waals surface area contributed by atoms with Crippen LogP contribution in [0.3, 0.4) is 0 Å². The molecule has 0 aliphatic carbocycles. The summed E-state index contributed by atoms with van der Waals surface area (Å²) in [5, 5.41) is 1.22. The normalized spacial score (nSPS) is 11.0. The predicted molar refractivity (Wildman–Crippen MR) is 97.9 cm³/mol. The minimum absolute atomic E-state index is 0.385. The van der Waals surface area contributed by atoms with Gasteiger partial charge in [0.05, 0.1) is 22.5 Å². The molecule has 0 aliphatic rings. The number of rotatable bonds is 6. The third kappa shape index (κ3) is 3.89. The molecule has 0 unspecified atom stereocenters. The van der Waals surface area contributed by atoms with Crippen LogP contribution >= 0.6 is 23.2 Å². The Morgan fingerprint density at radius 1 is 1.00 bits per heavy atom. The Balaban J connectivity index is 1.63. The van der Waals surface area contributed by atoms with E-state index in [0.717, 1.165) is 0 Å². The molecule has 25 heavy (non-hydrogen) atoms. The average molecular weight is 380 g/mol. The van der Waals surface area contributed by atoms with Gasteiger partial charge in [-0.1, -0.05) is 41.4 Å². The number of para-hydroxylation sites is 1. The van der Waals surface area contributed by atoms with E-state index in [4.69, 9.17) is 32.4 Å². The second kappa shape index (κ2) is 7.76. The van der Waals surface area contributed by atoms with Crippen LogP contribution in [0.4, 0.5) is 0 Å². The Labute approximate surface area is 153 Å². The third-order valence-electron chi connectivity index (χ3n) is 3.76. The van der Waals surface area contributed by atoms with Gasteiger partial charge in [-0.05, 0) is 37.1 Å². The molecule has 0 atom stereocenters. The van der Waals surface area contributed by atoms with Gasteiger partial charge in [0.1, 0.15) is 10.8 Å². The Morgan fingerprint density at radius 2 is 1.80 bits per heavy atom. The molecule has 1 heterocycles. The summed E-state index contributed by atoms with van der Waals surface area (Å²) in [5.74, 6) is -0.120. The third-order valence-corrected chi connectivity index (χ3v) is 4.57. The lowest BCUT2D eigenvalue weighted by atomic mass is 10.2. The van der Waals surface area contributed by atoms with Crippen LogP contribution < -0.4 is 16.1 Å². The number of fused-ring (bicyclic) bond motifs is 1. The molecule has 0 spiro atoms. The van der Waals surface area contributed by atoms with Crippen LogP contribution in [0.5, 0.6) is 5.75 Å². The summed E-state index contributed by atoms with van der Waals surface area (Å²) in [6, 6.07) is 12.1. The van der Waals surface area contributed by atoms with Gasteiger partial charge in [0.25, 0.3) is 0 Å². The van der Waals surface area contributed by atoms with Gasteiger partial charge in [-0.25, -0.2) is 9.59 Å². The van der Waals surface area contributed by atoms with Crippen LogP contribution in [0.2, 0.25) is 10.0 Å². The molecule has 3 rings (SSSR count). The van der Waals surface area contributed by atoms with Crippen LogP contribution in [-0.2, 0) is 6.54 Å². The van der Waals surface area contributed by atoms with E-state index in [1.165, 1.54) is 4.57 Å². The smallest absolute Gasteiger partial charge is 0.422 e. The molecule has 0 amide bonds. The van der Waals surface area contributed by atoms with E-state index < -0.39 is 11.4 Å². The number of benzene rings is 2. The van der Waals surface area contributed by atoms with Crippen LogP contribution in [0.25, 0.3) is 10.9 Å². The summed E-state index contributed by atoms with van der Waals surface area (Å²) in [6.07, 6.45) is 1.37. The molecule has 0 N–H and O–H groups in total. The van der Waals surface area contributed by atoms with E-state index in [2.05, 4.69) is 0 Å². The summed E-state index contributed by atoms with van der Waals surface area (Å²) in [5.41, 5.74) is -0.0432. The van der Waals surface area contributed by atoms with Gasteiger partial charge in [0.15, 0.2) is 0 Å². The first-order chi connectivity index (χ1) is 12.1. The molecule has 1 aromatic heterocycles. The van der Waals surface area contributed by atoms with Crippen molar-refractivity contribution in [2.75, 3.05) is 6.61 Å². The van der Waals surface area contributed by atoms with Crippen molar-refractivity contribution in [1.29, 1.82) is 0 Å². The topological polar surface area (TPSA) is 61.4 Å². The van der Waals surface area contributed by atoms with E-state index in [0.29, 0.717) is 52.7 Å². The van der Waals surface area contributed by atoms with Crippen molar-refractivity contribution in [3.05, 3.63) is 73.5 Å². The number of hydrogen-bond donors (Lipinski definition) is 0. The molecule has 0 saturated heterocycles. The zero-order chi connectivity index (χ0) is 17.8. The van der Waals surface area contributed by atoms with Crippen molar-refractivity contribution in [3.8, 4) is 5.75 Å². The fourth-order valence-electron chi connectivity index (χ4n) is 2.53. The van der Waals surface area contributed by atoms with Crippen LogP contribution in [-0.4, -0.2) is 11.2 Å². The molecule has 3 aromatic rings. The summed E-state index contributed by atoms with van der Waals surface area (Å²) in [7, 11) is 0. The Bertz CT molecular complexity index is 1010. The maximum absolute atomic E-state index is 12.0. The molecule has 0 aliphatic heterocycles. The fraction of sp³-hybridized carbons (Fsp3) is 0.222. The molecular formula is C18H15Cl2NO4. The lowest BCUT2D eigenvalue weighted by Crippen LogP contribution is -2.25. The molecule has 0 fully saturated rings. The minimum Gasteiger partial charge on any atom is -0.492 e. The molecular weight excluding hydrogens is 365 g/mol. The molecule has 0 saturated carbocycles. The number of hydrogen-bond acceptors (Lipinski definition) is 4. The van der Waals surface area contributed by atoms with E-state index >= 15 is 0 Å². The van der Waals surface area contributed by atoms with Gasteiger partial charge in [-0.15, -0.1) is 0 Å². The van der Waals surface area contributed by atoms with Crippen molar-refractivity contribution >= 4 is 34.1 Å². The van der Waals surface area contributed by atoms with Gasteiger partial charge in [0, 0.05) is 6.54 Å². The second-order valence-corrected chi connectivity index (χ2v) is 6.22. The molecule has 7 heteroatoms. The number of aromatic nitrogens is 1. The summed E-state index contributed by atoms with van der Waals surface area (Å²) >= 11 is 12.0. The van der Waals surface area contributed by atoms with E-state index in [1.807, 2.05) is 0 Å². The number of ether oxygens (including phenoxy) is 1. The van der Waals surface area contributed by atoms with Crippen molar-refractivity contribution < 1.29 is 9.15 Å². The first-order valence-corrected chi connectivity index (χ1v) is 8.53. The van der Waals surface area contributed by atoms with Crippen LogP contribution in [0.15, 0.2) is 56.5 Å². The van der Waals surface area contributed by atoms with Gasteiger partial charge < -0.3 is 9.15 Å². The quantitative estimate of drug-likeness (QED) is 0.604. The van der Waals surface area contributed by atoms with Gasteiger partial charge in [-0.3, -0.25) is 4.57 Å². The highest BCUT2D eigenvalue weighted by molar-refractivity contribution is 6.42. The zero-order valence-electron chi connectivity index (χ0n) is 13.2. The van der Waals surface area contributed by atoms with E-state index in [9.17, 15) is 9.59 Å². The maximum Gasteiger partial charge on any atom is 0.422 e. The molecule has 0 radical (unpaired) electrons. The Kier molecular flexibility index (Phi) is 5.46. The Hall–Kier alpha value is -2.24. The fourth-order valence-corrected chi connectivity index (χ4v) is 2.88. The highest BCUT2D eigenvalue weighted by Gasteiger charge is 2.09. The van der Waals surface area contributed by atoms with Crippen molar-refractivity contribution in [2.24, 2.45) is 0 Å². The highest BCUT2D eigenvalue weighted by Crippen LogP contribution is 2.31. The standard InChI is InChI=1S/C18H15Cl2NO4/c19-13-7-5-9-15(16(13)20)24-11-4-3-10-21-14-8-2-1-6-12(14)17(22)25-18(21)23/h1-2,5-9H,3-4,10-11H2. The predicted octanol–water partition coefficient (Wildman–Crippen LogP) is 4.12. The lowest BCUT2D eigenvalue weighted by molar-refractivity contribution is 0.301. The number of halogens is 2. The van der Waals surface area contributed by atoms with Gasteiger partial charge in [0.2, 0.25) is 0 Å². The summed E-state index contributed by atoms with van der Waals surface area (Å²) < 4.78 is 11.8. The molecule has 5 nitrogen and oxygen atoms in total. The number of nitrogens with zero attached hydrogens (tertiary/aromatic N) is 1.